The zero-order valence-corrected chi connectivity index (χ0v) is 34.8. The Balaban J connectivity index is 1.49. The second-order valence-electron chi connectivity index (χ2n) is 17.7. The third-order valence-corrected chi connectivity index (χ3v) is 15.1. The van der Waals surface area contributed by atoms with E-state index >= 15 is 0 Å². The number of carbonyl (C=O) groups excluding carboxylic acids is 1. The summed E-state index contributed by atoms with van der Waals surface area (Å²) in [5, 5.41) is 18.8. The number of anilines is 3. The van der Waals surface area contributed by atoms with Gasteiger partial charge < -0.3 is 19.2 Å². The summed E-state index contributed by atoms with van der Waals surface area (Å²) in [7, 11) is -2.15. The van der Waals surface area contributed by atoms with Crippen LogP contribution in [0.15, 0.2) is 30.6 Å². The molecular weight excluding hydrogens is 685 g/mol. The molecule has 3 aromatic rings. The van der Waals surface area contributed by atoms with Gasteiger partial charge in [-0.2, -0.15) is 10.4 Å². The minimum Gasteiger partial charge on any atom is -0.443 e. The number of benzene rings is 1. The van der Waals surface area contributed by atoms with E-state index in [1.807, 2.05) is 33.0 Å². The first kappa shape index (κ1) is 40.4. The summed E-state index contributed by atoms with van der Waals surface area (Å²) in [5.74, 6) is 0.989. The summed E-state index contributed by atoms with van der Waals surface area (Å²) in [5.41, 5.74) is 3.96. The molecule has 0 spiro atoms. The molecule has 1 saturated heterocycles. The number of amides is 1. The molecule has 2 aliphatic rings. The molecule has 13 heteroatoms. The van der Waals surface area contributed by atoms with Gasteiger partial charge in [-0.1, -0.05) is 41.5 Å². The summed E-state index contributed by atoms with van der Waals surface area (Å²) in [6.07, 6.45) is 5.03. The van der Waals surface area contributed by atoms with Crippen molar-refractivity contribution in [3.63, 3.8) is 0 Å². The standard InChI is InChI=1S/C40H60N8O4Si/c1-28(2)12-13-34-33(25-43-48(34)17-16-46-18-20-50-21-19-46)45-36-42-15-14-32(44-36)29-22-30(24-41)35-31(23-29)40(9,27-51-53(10,11)39(6,7)8)26-47(35)37(49)52-38(3,4)5/h14-15,22-23,25,28H,12-13,16-21,26-27H2,1-11H3,(H,42,44,45)/t40-/m1/s1. The summed E-state index contributed by atoms with van der Waals surface area (Å²) in [4.78, 5) is 27.2. The van der Waals surface area contributed by atoms with E-state index in [1.165, 1.54) is 0 Å². The maximum absolute atomic E-state index is 13.7. The number of ether oxygens (including phenoxy) is 2. The Labute approximate surface area is 317 Å². The van der Waals surface area contributed by atoms with Gasteiger partial charge in [-0.25, -0.2) is 14.8 Å². The van der Waals surface area contributed by atoms with Gasteiger partial charge in [-0.15, -0.1) is 0 Å². The van der Waals surface area contributed by atoms with Crippen LogP contribution in [0.1, 0.15) is 85.6 Å². The van der Waals surface area contributed by atoms with E-state index in [0.29, 0.717) is 42.0 Å². The third kappa shape index (κ3) is 9.65. The molecule has 53 heavy (non-hydrogen) atoms. The van der Waals surface area contributed by atoms with E-state index < -0.39 is 25.4 Å². The molecule has 12 nitrogen and oxygen atoms in total. The molecule has 0 radical (unpaired) electrons. The zero-order valence-electron chi connectivity index (χ0n) is 33.8. The molecule has 288 valence electrons. The monoisotopic (exact) mass is 744 g/mol. The average molecular weight is 745 g/mol. The molecule has 0 unspecified atom stereocenters. The summed E-state index contributed by atoms with van der Waals surface area (Å²) < 4.78 is 20.3. The Morgan fingerprint density at radius 2 is 1.85 bits per heavy atom. The van der Waals surface area contributed by atoms with Crippen molar-refractivity contribution in [2.75, 3.05) is 56.2 Å². The number of rotatable bonds is 12. The predicted octanol–water partition coefficient (Wildman–Crippen LogP) is 7.91. The van der Waals surface area contributed by atoms with E-state index in [2.05, 4.69) is 86.7 Å². The second-order valence-corrected chi connectivity index (χ2v) is 22.5. The van der Waals surface area contributed by atoms with E-state index in [9.17, 15) is 10.1 Å². The van der Waals surface area contributed by atoms with Gasteiger partial charge in [0.25, 0.3) is 0 Å². The number of hydrogen-bond acceptors (Lipinski definition) is 10. The van der Waals surface area contributed by atoms with E-state index in [0.717, 1.165) is 74.7 Å². The van der Waals surface area contributed by atoms with Crippen molar-refractivity contribution >= 4 is 31.7 Å². The summed E-state index contributed by atoms with van der Waals surface area (Å²) >= 11 is 0. The maximum atomic E-state index is 13.7. The predicted molar refractivity (Wildman–Crippen MR) is 212 cm³/mol. The Hall–Kier alpha value is -3.83. The Bertz CT molecular complexity index is 1800. The molecular formula is C40H60N8O4Si. The van der Waals surface area contributed by atoms with Crippen molar-refractivity contribution in [3.8, 4) is 17.3 Å². The first-order valence-electron chi connectivity index (χ1n) is 19.0. The van der Waals surface area contributed by atoms with E-state index in [-0.39, 0.29) is 5.04 Å². The van der Waals surface area contributed by atoms with Crippen molar-refractivity contribution in [2.24, 2.45) is 5.92 Å². The number of aromatic nitrogens is 4. The lowest BCUT2D eigenvalue weighted by molar-refractivity contribution is 0.0358. The molecule has 4 heterocycles. The highest BCUT2D eigenvalue weighted by molar-refractivity contribution is 6.74. The Morgan fingerprint density at radius 1 is 1.13 bits per heavy atom. The first-order chi connectivity index (χ1) is 24.8. The molecule has 1 fully saturated rings. The van der Waals surface area contributed by atoms with Gasteiger partial charge in [-0.05, 0) is 81.4 Å². The van der Waals surface area contributed by atoms with Gasteiger partial charge in [-0.3, -0.25) is 14.5 Å². The average Bonchev–Trinajstić information content (AvgIpc) is 3.61. The zero-order chi connectivity index (χ0) is 38.8. The van der Waals surface area contributed by atoms with Gasteiger partial charge >= 0.3 is 6.09 Å². The van der Waals surface area contributed by atoms with Crippen LogP contribution < -0.4 is 10.2 Å². The highest BCUT2D eigenvalue weighted by Crippen LogP contribution is 2.47. The molecule has 0 aliphatic carbocycles. The molecule has 2 aliphatic heterocycles. The van der Waals surface area contributed by atoms with Crippen molar-refractivity contribution < 1.29 is 18.7 Å². The van der Waals surface area contributed by atoms with Crippen LogP contribution in [0, 0.1) is 17.2 Å². The van der Waals surface area contributed by atoms with Crippen LogP contribution in [0.5, 0.6) is 0 Å². The number of nitriles is 1. The fourth-order valence-electron chi connectivity index (χ4n) is 6.44. The second kappa shape index (κ2) is 15.9. The van der Waals surface area contributed by atoms with Crippen LogP contribution in [-0.2, 0) is 32.3 Å². The number of fused-ring (bicyclic) bond motifs is 1. The third-order valence-electron chi connectivity index (χ3n) is 10.7. The molecule has 1 aromatic carbocycles. The quantitative estimate of drug-likeness (QED) is 0.183. The minimum absolute atomic E-state index is 0.00750. The molecule has 0 bridgehead atoms. The van der Waals surface area contributed by atoms with E-state index in [1.54, 1.807) is 17.2 Å². The molecule has 1 atom stereocenters. The highest BCUT2D eigenvalue weighted by Gasteiger charge is 2.47. The van der Waals surface area contributed by atoms with Crippen LogP contribution in [0.4, 0.5) is 22.1 Å². The topological polar surface area (TPSA) is 131 Å². The molecule has 1 amide bonds. The van der Waals surface area contributed by atoms with Gasteiger partial charge in [0.1, 0.15) is 11.7 Å². The maximum Gasteiger partial charge on any atom is 0.414 e. The molecule has 2 aromatic heterocycles. The van der Waals surface area contributed by atoms with Crippen LogP contribution in [0.25, 0.3) is 11.3 Å². The van der Waals surface area contributed by atoms with Crippen molar-refractivity contribution in [3.05, 3.63) is 47.4 Å². The van der Waals surface area contributed by atoms with Gasteiger partial charge in [0, 0.05) is 50.0 Å². The van der Waals surface area contributed by atoms with Crippen molar-refractivity contribution in [2.45, 2.75) is 111 Å². The highest BCUT2D eigenvalue weighted by atomic mass is 28.4. The minimum atomic E-state index is -2.15. The lowest BCUT2D eigenvalue weighted by Gasteiger charge is -2.39. The lowest BCUT2D eigenvalue weighted by Crippen LogP contribution is -2.46. The van der Waals surface area contributed by atoms with Crippen molar-refractivity contribution in [1.82, 2.24) is 24.6 Å². The van der Waals surface area contributed by atoms with Gasteiger partial charge in [0.15, 0.2) is 8.32 Å². The fraction of sp³-hybridized carbons (Fsp3) is 0.625. The SMILES string of the molecule is CC(C)CCc1c(Nc2nccc(-c3cc(C#N)c4c(c3)[C@@](C)(CO[Si](C)(C)C(C)(C)C)CN4C(=O)OC(C)(C)C)n2)cnn1CCN1CCOCC1. The molecule has 0 saturated carbocycles. The van der Waals surface area contributed by atoms with Crippen LogP contribution in [0.2, 0.25) is 18.1 Å². The van der Waals surface area contributed by atoms with E-state index in [4.69, 9.17) is 24.0 Å². The number of morpholine rings is 1. The first-order valence-corrected chi connectivity index (χ1v) is 21.9. The van der Waals surface area contributed by atoms with Crippen molar-refractivity contribution in [1.29, 1.82) is 5.26 Å². The lowest BCUT2D eigenvalue weighted by atomic mass is 9.83. The summed E-state index contributed by atoms with van der Waals surface area (Å²) in [6.45, 7) is 29.1. The smallest absolute Gasteiger partial charge is 0.414 e. The number of carbonyl (C=O) groups is 1. The molecule has 5 rings (SSSR count). The van der Waals surface area contributed by atoms with Crippen LogP contribution in [-0.4, -0.2) is 90.7 Å². The number of nitrogens with zero attached hydrogens (tertiary/aromatic N) is 7. The largest absolute Gasteiger partial charge is 0.443 e. The van der Waals surface area contributed by atoms with Crippen LogP contribution in [0.3, 0.4) is 0 Å². The van der Waals surface area contributed by atoms with Gasteiger partial charge in [0.2, 0.25) is 5.95 Å². The fourth-order valence-corrected chi connectivity index (χ4v) is 7.55. The number of nitrogens with one attached hydrogen (secondary N) is 1. The normalized spacial score (nSPS) is 18.3. The molecule has 1 N–H and O–H groups in total. The van der Waals surface area contributed by atoms with Crippen LogP contribution >= 0.6 is 0 Å². The Kier molecular flexibility index (Phi) is 12.1. The number of hydrogen-bond donors (Lipinski definition) is 1. The summed E-state index contributed by atoms with van der Waals surface area (Å²) in [6, 6.07) is 8.09. The van der Waals surface area contributed by atoms with Gasteiger partial charge in [0.05, 0.1) is 54.3 Å². The Morgan fingerprint density at radius 3 is 2.49 bits per heavy atom.